The van der Waals surface area contributed by atoms with Gasteiger partial charge in [-0.05, 0) is 40.8 Å². The zero-order valence-corrected chi connectivity index (χ0v) is 13.9. The maximum atomic E-state index is 12.7. The van der Waals surface area contributed by atoms with Gasteiger partial charge >= 0.3 is 0 Å². The van der Waals surface area contributed by atoms with E-state index in [1.54, 1.807) is 13.2 Å². The van der Waals surface area contributed by atoms with E-state index in [1.807, 2.05) is 18.0 Å². The highest BCUT2D eigenvalue weighted by atomic mass is 79.9. The van der Waals surface area contributed by atoms with Crippen molar-refractivity contribution in [2.75, 3.05) is 19.4 Å². The van der Waals surface area contributed by atoms with Crippen molar-refractivity contribution in [3.63, 3.8) is 0 Å². The van der Waals surface area contributed by atoms with Gasteiger partial charge in [-0.1, -0.05) is 19.8 Å². The van der Waals surface area contributed by atoms with Gasteiger partial charge in [-0.3, -0.25) is 4.79 Å². The molecule has 0 aliphatic heterocycles. The van der Waals surface area contributed by atoms with Gasteiger partial charge in [0.05, 0.1) is 5.56 Å². The van der Waals surface area contributed by atoms with Crippen molar-refractivity contribution >= 4 is 27.7 Å². The SMILES string of the molecule is CNc1ncc(Br)cc1C(=O)N(C)C1CCCC(C)C1. The predicted molar refractivity (Wildman–Crippen MR) is 85.0 cm³/mol. The highest BCUT2D eigenvalue weighted by Gasteiger charge is 2.27. The van der Waals surface area contributed by atoms with E-state index in [1.165, 1.54) is 12.8 Å². The number of nitrogens with zero attached hydrogens (tertiary/aromatic N) is 2. The van der Waals surface area contributed by atoms with Crippen molar-refractivity contribution in [3.05, 3.63) is 22.3 Å². The van der Waals surface area contributed by atoms with Crippen LogP contribution in [0.3, 0.4) is 0 Å². The summed E-state index contributed by atoms with van der Waals surface area (Å²) in [6.07, 6.45) is 6.38. The molecule has 1 saturated carbocycles. The first-order valence-corrected chi connectivity index (χ1v) is 7.92. The monoisotopic (exact) mass is 339 g/mol. The maximum absolute atomic E-state index is 12.7. The third kappa shape index (κ3) is 3.32. The number of anilines is 1. The number of pyridine rings is 1. The highest BCUT2D eigenvalue weighted by molar-refractivity contribution is 9.10. The lowest BCUT2D eigenvalue weighted by atomic mass is 9.86. The molecular weight excluding hydrogens is 318 g/mol. The minimum Gasteiger partial charge on any atom is -0.372 e. The highest BCUT2D eigenvalue weighted by Crippen LogP contribution is 2.28. The van der Waals surface area contributed by atoms with E-state index >= 15 is 0 Å². The molecule has 0 spiro atoms. The van der Waals surface area contributed by atoms with Gasteiger partial charge in [0.15, 0.2) is 0 Å². The zero-order valence-electron chi connectivity index (χ0n) is 12.3. The second kappa shape index (κ2) is 6.57. The molecule has 5 heteroatoms. The Hall–Kier alpha value is -1.10. The minimum absolute atomic E-state index is 0.0438. The molecule has 1 aliphatic carbocycles. The van der Waals surface area contributed by atoms with Gasteiger partial charge in [-0.15, -0.1) is 0 Å². The largest absolute Gasteiger partial charge is 0.372 e. The first-order valence-electron chi connectivity index (χ1n) is 7.13. The van der Waals surface area contributed by atoms with Crippen molar-refractivity contribution in [2.24, 2.45) is 5.92 Å². The van der Waals surface area contributed by atoms with Crippen LogP contribution >= 0.6 is 15.9 Å². The molecule has 4 nitrogen and oxygen atoms in total. The average Bonchev–Trinajstić information content (AvgIpc) is 2.45. The fourth-order valence-electron chi connectivity index (χ4n) is 2.91. The van der Waals surface area contributed by atoms with Gasteiger partial charge in [0.2, 0.25) is 0 Å². The van der Waals surface area contributed by atoms with Crippen molar-refractivity contribution in [3.8, 4) is 0 Å². The second-order valence-corrected chi connectivity index (χ2v) is 6.56. The number of rotatable bonds is 3. The number of hydrogen-bond acceptors (Lipinski definition) is 3. The lowest BCUT2D eigenvalue weighted by molar-refractivity contribution is 0.0673. The van der Waals surface area contributed by atoms with E-state index in [0.29, 0.717) is 23.3 Å². The summed E-state index contributed by atoms with van der Waals surface area (Å²) >= 11 is 3.39. The predicted octanol–water partition coefficient (Wildman–Crippen LogP) is 3.54. The summed E-state index contributed by atoms with van der Waals surface area (Å²) in [5.41, 5.74) is 0.627. The van der Waals surface area contributed by atoms with Crippen LogP contribution in [0.5, 0.6) is 0 Å². The van der Waals surface area contributed by atoms with Crippen LogP contribution in [0.15, 0.2) is 16.7 Å². The molecule has 1 aliphatic rings. The standard InChI is InChI=1S/C15H22BrN3O/c1-10-5-4-6-12(7-10)19(3)15(20)13-8-11(16)9-18-14(13)17-2/h8-10,12H,4-7H2,1-3H3,(H,17,18). The second-order valence-electron chi connectivity index (χ2n) is 5.64. The molecule has 1 amide bonds. The van der Waals surface area contributed by atoms with Crippen LogP contribution in [-0.2, 0) is 0 Å². The topological polar surface area (TPSA) is 45.2 Å². The van der Waals surface area contributed by atoms with Crippen molar-refractivity contribution in [1.82, 2.24) is 9.88 Å². The van der Waals surface area contributed by atoms with Gasteiger partial charge in [-0.25, -0.2) is 4.98 Å². The summed E-state index contributed by atoms with van der Waals surface area (Å²) in [6, 6.07) is 2.18. The van der Waals surface area contributed by atoms with Crippen LogP contribution in [0.25, 0.3) is 0 Å². The minimum atomic E-state index is 0.0438. The van der Waals surface area contributed by atoms with E-state index < -0.39 is 0 Å². The molecule has 1 fully saturated rings. The number of carbonyl (C=O) groups excluding carboxylic acids is 1. The number of carbonyl (C=O) groups is 1. The van der Waals surface area contributed by atoms with Crippen molar-refractivity contribution < 1.29 is 4.79 Å². The quantitative estimate of drug-likeness (QED) is 0.915. The molecule has 1 aromatic heterocycles. The summed E-state index contributed by atoms with van der Waals surface area (Å²) in [7, 11) is 3.70. The number of amides is 1. The average molecular weight is 340 g/mol. The van der Waals surface area contributed by atoms with Crippen LogP contribution in [0.1, 0.15) is 43.0 Å². The number of aromatic nitrogens is 1. The van der Waals surface area contributed by atoms with Crippen LogP contribution in [0, 0.1) is 5.92 Å². The Morgan fingerprint density at radius 3 is 2.90 bits per heavy atom. The summed E-state index contributed by atoms with van der Waals surface area (Å²) in [5.74, 6) is 1.38. The fourth-order valence-corrected chi connectivity index (χ4v) is 3.24. The zero-order chi connectivity index (χ0) is 14.7. The van der Waals surface area contributed by atoms with Gasteiger partial charge in [-0.2, -0.15) is 0 Å². The van der Waals surface area contributed by atoms with Crippen LogP contribution in [0.4, 0.5) is 5.82 Å². The lowest BCUT2D eigenvalue weighted by Gasteiger charge is -2.34. The van der Waals surface area contributed by atoms with Crippen LogP contribution in [-0.4, -0.2) is 35.9 Å². The Balaban J connectivity index is 2.19. The van der Waals surface area contributed by atoms with Gasteiger partial charge in [0.25, 0.3) is 5.91 Å². The van der Waals surface area contributed by atoms with Crippen molar-refractivity contribution in [1.29, 1.82) is 0 Å². The van der Waals surface area contributed by atoms with Gasteiger partial charge in [0.1, 0.15) is 5.82 Å². The van der Waals surface area contributed by atoms with E-state index in [2.05, 4.69) is 33.2 Å². The van der Waals surface area contributed by atoms with E-state index in [0.717, 1.165) is 17.3 Å². The first kappa shape index (κ1) is 15.3. The third-order valence-electron chi connectivity index (χ3n) is 4.10. The molecule has 0 bridgehead atoms. The molecule has 2 rings (SSSR count). The summed E-state index contributed by atoms with van der Waals surface area (Å²) in [5, 5.41) is 2.99. The molecule has 0 radical (unpaired) electrons. The summed E-state index contributed by atoms with van der Waals surface area (Å²) in [4.78, 5) is 18.9. The van der Waals surface area contributed by atoms with Crippen LogP contribution in [0.2, 0.25) is 0 Å². The third-order valence-corrected chi connectivity index (χ3v) is 4.53. The molecule has 0 saturated heterocycles. The smallest absolute Gasteiger partial charge is 0.257 e. The fraction of sp³-hybridized carbons (Fsp3) is 0.600. The lowest BCUT2D eigenvalue weighted by Crippen LogP contribution is -2.40. The number of halogens is 1. The Morgan fingerprint density at radius 2 is 2.25 bits per heavy atom. The maximum Gasteiger partial charge on any atom is 0.257 e. The van der Waals surface area contributed by atoms with Crippen LogP contribution < -0.4 is 5.32 Å². The van der Waals surface area contributed by atoms with Gasteiger partial charge < -0.3 is 10.2 Å². The number of hydrogen-bond donors (Lipinski definition) is 1. The first-order chi connectivity index (χ1) is 9.52. The Morgan fingerprint density at radius 1 is 1.50 bits per heavy atom. The molecule has 1 aromatic rings. The molecule has 110 valence electrons. The summed E-state index contributed by atoms with van der Waals surface area (Å²) < 4.78 is 0.824. The molecule has 2 atom stereocenters. The Kier molecular flexibility index (Phi) is 5.02. The van der Waals surface area contributed by atoms with E-state index in [4.69, 9.17) is 0 Å². The van der Waals surface area contributed by atoms with E-state index in [-0.39, 0.29) is 5.91 Å². The Labute approximate surface area is 129 Å². The molecule has 1 N–H and O–H groups in total. The van der Waals surface area contributed by atoms with E-state index in [9.17, 15) is 4.79 Å². The Bertz CT molecular complexity index is 492. The summed E-state index contributed by atoms with van der Waals surface area (Å²) in [6.45, 7) is 2.27. The number of nitrogens with one attached hydrogen (secondary N) is 1. The molecule has 0 aromatic carbocycles. The molecule has 2 unspecified atom stereocenters. The normalized spacial score (nSPS) is 22.4. The molecular formula is C15H22BrN3O. The van der Waals surface area contributed by atoms with Crippen molar-refractivity contribution in [2.45, 2.75) is 38.6 Å². The molecule has 1 heterocycles. The molecule has 20 heavy (non-hydrogen) atoms. The van der Waals surface area contributed by atoms with Gasteiger partial charge in [0, 0.05) is 30.8 Å².